The molecule has 1 aliphatic rings. The van der Waals surface area contributed by atoms with Gasteiger partial charge in [0.25, 0.3) is 0 Å². The summed E-state index contributed by atoms with van der Waals surface area (Å²) in [5, 5.41) is 9.12. The summed E-state index contributed by atoms with van der Waals surface area (Å²) in [6.07, 6.45) is 1.03. The highest BCUT2D eigenvalue weighted by molar-refractivity contribution is 5.62. The Morgan fingerprint density at radius 3 is 2.79 bits per heavy atom. The van der Waals surface area contributed by atoms with Gasteiger partial charge in [0.2, 0.25) is 0 Å². The van der Waals surface area contributed by atoms with Crippen LogP contribution in [0.25, 0.3) is 0 Å². The number of benzene rings is 1. The fraction of sp³-hybridized carbons (Fsp3) is 0.417. The zero-order chi connectivity index (χ0) is 10.1. The lowest BCUT2D eigenvalue weighted by molar-refractivity contribution is 0.618. The van der Waals surface area contributed by atoms with E-state index in [-0.39, 0.29) is 6.04 Å². The summed E-state index contributed by atoms with van der Waals surface area (Å²) in [5.74, 6) is 0.376. The van der Waals surface area contributed by atoms with Crippen molar-refractivity contribution in [1.82, 2.24) is 0 Å². The van der Waals surface area contributed by atoms with Gasteiger partial charge in [-0.1, -0.05) is 25.1 Å². The minimum Gasteiger partial charge on any atom is -0.358 e. The Bertz CT molecular complexity index is 378. The Hall–Kier alpha value is -1.49. The number of nitrogens with zero attached hydrogens (tertiary/aromatic N) is 2. The van der Waals surface area contributed by atoms with Crippen molar-refractivity contribution in [2.45, 2.75) is 25.3 Å². The Labute approximate surface area is 84.8 Å². The number of rotatable bonds is 1. The van der Waals surface area contributed by atoms with Crippen molar-refractivity contribution in [2.75, 3.05) is 11.9 Å². The van der Waals surface area contributed by atoms with Gasteiger partial charge in [-0.2, -0.15) is 5.26 Å². The van der Waals surface area contributed by atoms with Crippen LogP contribution in [0.5, 0.6) is 0 Å². The van der Waals surface area contributed by atoms with Crippen LogP contribution in [0.15, 0.2) is 24.3 Å². The van der Waals surface area contributed by atoms with E-state index >= 15 is 0 Å². The molecule has 2 rings (SSSR count). The van der Waals surface area contributed by atoms with E-state index in [9.17, 15) is 0 Å². The molecule has 2 nitrogen and oxygen atoms in total. The number of hydrogen-bond donors (Lipinski definition) is 0. The number of fused-ring (bicyclic) bond motifs is 1. The molecule has 1 aromatic rings. The van der Waals surface area contributed by atoms with Gasteiger partial charge in [0, 0.05) is 18.7 Å². The monoisotopic (exact) mass is 186 g/mol. The van der Waals surface area contributed by atoms with Crippen LogP contribution in [-0.4, -0.2) is 13.1 Å². The SMILES string of the molecule is CC[C@@H]1c2ccccc2N(C)[C@H]1C#N. The first-order valence-corrected chi connectivity index (χ1v) is 5.01. The second-order valence-electron chi connectivity index (χ2n) is 3.76. The molecule has 0 fully saturated rings. The van der Waals surface area contributed by atoms with Crippen molar-refractivity contribution in [3.05, 3.63) is 29.8 Å². The smallest absolute Gasteiger partial charge is 0.123 e. The molecule has 0 N–H and O–H groups in total. The number of nitriles is 1. The highest BCUT2D eigenvalue weighted by Crippen LogP contribution is 2.41. The summed E-state index contributed by atoms with van der Waals surface area (Å²) < 4.78 is 0. The standard InChI is InChI=1S/C12H14N2/c1-3-9-10-6-4-5-7-11(10)14(2)12(9)8-13/h4-7,9,12H,3H2,1-2H3/t9-,12+/m1/s1. The fourth-order valence-electron chi connectivity index (χ4n) is 2.33. The first kappa shape index (κ1) is 9.08. The summed E-state index contributed by atoms with van der Waals surface area (Å²) in [5.41, 5.74) is 2.54. The van der Waals surface area contributed by atoms with Crippen LogP contribution in [0.2, 0.25) is 0 Å². The Morgan fingerprint density at radius 1 is 1.43 bits per heavy atom. The lowest BCUT2D eigenvalue weighted by Crippen LogP contribution is -2.28. The van der Waals surface area contributed by atoms with Crippen LogP contribution in [0.3, 0.4) is 0 Å². The van der Waals surface area contributed by atoms with Gasteiger partial charge >= 0.3 is 0 Å². The van der Waals surface area contributed by atoms with Crippen molar-refractivity contribution >= 4 is 5.69 Å². The fourth-order valence-corrected chi connectivity index (χ4v) is 2.33. The number of para-hydroxylation sites is 1. The topological polar surface area (TPSA) is 27.0 Å². The average molecular weight is 186 g/mol. The van der Waals surface area contributed by atoms with Crippen LogP contribution < -0.4 is 4.90 Å². The molecule has 2 heteroatoms. The molecule has 0 amide bonds. The summed E-state index contributed by atoms with van der Waals surface area (Å²) in [6.45, 7) is 2.14. The zero-order valence-electron chi connectivity index (χ0n) is 8.57. The Kier molecular flexibility index (Phi) is 2.17. The normalized spacial score (nSPS) is 24.5. The maximum Gasteiger partial charge on any atom is 0.123 e. The maximum atomic E-state index is 9.12. The largest absolute Gasteiger partial charge is 0.358 e. The van der Waals surface area contributed by atoms with E-state index < -0.39 is 0 Å². The van der Waals surface area contributed by atoms with Crippen LogP contribution in [0.1, 0.15) is 24.8 Å². The van der Waals surface area contributed by atoms with E-state index in [1.54, 1.807) is 0 Å². The molecule has 14 heavy (non-hydrogen) atoms. The van der Waals surface area contributed by atoms with Gasteiger partial charge < -0.3 is 4.90 Å². The second-order valence-corrected chi connectivity index (χ2v) is 3.76. The molecule has 0 bridgehead atoms. The van der Waals surface area contributed by atoms with Crippen LogP contribution >= 0.6 is 0 Å². The molecule has 0 saturated heterocycles. The molecular weight excluding hydrogens is 172 g/mol. The Balaban J connectivity index is 2.50. The molecule has 0 radical (unpaired) electrons. The molecule has 1 heterocycles. The highest BCUT2D eigenvalue weighted by atomic mass is 15.2. The van der Waals surface area contributed by atoms with Gasteiger partial charge in [-0.15, -0.1) is 0 Å². The Morgan fingerprint density at radius 2 is 2.14 bits per heavy atom. The lowest BCUT2D eigenvalue weighted by Gasteiger charge is -2.19. The molecular formula is C12H14N2. The first-order chi connectivity index (χ1) is 6.79. The summed E-state index contributed by atoms with van der Waals surface area (Å²) in [6, 6.07) is 10.7. The number of likely N-dealkylation sites (N-methyl/N-ethyl adjacent to an activating group) is 1. The third kappa shape index (κ3) is 1.09. The van der Waals surface area contributed by atoms with Gasteiger partial charge in [0.15, 0.2) is 0 Å². The van der Waals surface area contributed by atoms with Crippen molar-refractivity contribution in [3.8, 4) is 6.07 Å². The average Bonchev–Trinajstić information content (AvgIpc) is 2.51. The minimum atomic E-state index is 0.0115. The molecule has 0 aromatic heterocycles. The molecule has 2 atom stereocenters. The van der Waals surface area contributed by atoms with Crippen molar-refractivity contribution < 1.29 is 0 Å². The van der Waals surface area contributed by atoms with Crippen LogP contribution in [-0.2, 0) is 0 Å². The third-order valence-electron chi connectivity index (χ3n) is 3.09. The van der Waals surface area contributed by atoms with Crippen LogP contribution in [0, 0.1) is 11.3 Å². The van der Waals surface area contributed by atoms with Gasteiger partial charge in [0.05, 0.1) is 6.07 Å². The minimum absolute atomic E-state index is 0.0115. The predicted octanol–water partition coefficient (Wildman–Crippen LogP) is 2.52. The molecule has 0 saturated carbocycles. The maximum absolute atomic E-state index is 9.12. The first-order valence-electron chi connectivity index (χ1n) is 5.01. The van der Waals surface area contributed by atoms with E-state index in [1.165, 1.54) is 11.3 Å². The van der Waals surface area contributed by atoms with E-state index in [0.29, 0.717) is 5.92 Å². The summed E-state index contributed by atoms with van der Waals surface area (Å²) >= 11 is 0. The third-order valence-corrected chi connectivity index (χ3v) is 3.09. The van der Waals surface area contributed by atoms with E-state index in [0.717, 1.165) is 6.42 Å². The molecule has 72 valence electrons. The quantitative estimate of drug-likeness (QED) is 0.673. The van der Waals surface area contributed by atoms with E-state index in [2.05, 4.69) is 36.1 Å². The number of anilines is 1. The van der Waals surface area contributed by atoms with Crippen molar-refractivity contribution in [1.29, 1.82) is 5.26 Å². The molecule has 1 aromatic carbocycles. The van der Waals surface area contributed by atoms with Gasteiger partial charge in [-0.25, -0.2) is 0 Å². The van der Waals surface area contributed by atoms with Gasteiger partial charge in [-0.3, -0.25) is 0 Å². The molecule has 1 aliphatic heterocycles. The van der Waals surface area contributed by atoms with Crippen molar-refractivity contribution in [3.63, 3.8) is 0 Å². The number of hydrogen-bond acceptors (Lipinski definition) is 2. The molecule has 0 aliphatic carbocycles. The lowest BCUT2D eigenvalue weighted by atomic mass is 9.93. The van der Waals surface area contributed by atoms with Crippen LogP contribution in [0.4, 0.5) is 5.69 Å². The van der Waals surface area contributed by atoms with E-state index in [4.69, 9.17) is 5.26 Å². The van der Waals surface area contributed by atoms with Gasteiger partial charge in [-0.05, 0) is 18.1 Å². The highest BCUT2D eigenvalue weighted by Gasteiger charge is 2.34. The summed E-state index contributed by atoms with van der Waals surface area (Å²) in [7, 11) is 2.00. The molecule has 0 spiro atoms. The predicted molar refractivity (Wildman–Crippen MR) is 57.3 cm³/mol. The molecule has 0 unspecified atom stereocenters. The second kappa shape index (κ2) is 3.34. The van der Waals surface area contributed by atoms with Gasteiger partial charge in [0.1, 0.15) is 6.04 Å². The van der Waals surface area contributed by atoms with E-state index in [1.807, 2.05) is 13.1 Å². The zero-order valence-corrected chi connectivity index (χ0v) is 8.57. The van der Waals surface area contributed by atoms with Crippen molar-refractivity contribution in [2.24, 2.45) is 0 Å². The summed E-state index contributed by atoms with van der Waals surface area (Å²) in [4.78, 5) is 2.09.